The maximum absolute atomic E-state index is 5.98. The van der Waals surface area contributed by atoms with Gasteiger partial charge in [-0.2, -0.15) is 10.1 Å². The molecule has 6 heteroatoms. The van der Waals surface area contributed by atoms with Crippen LogP contribution in [-0.2, 0) is 9.47 Å². The maximum atomic E-state index is 5.98. The van der Waals surface area contributed by atoms with E-state index in [-0.39, 0.29) is 6.08 Å². The van der Waals surface area contributed by atoms with Crippen molar-refractivity contribution in [2.24, 2.45) is 4.99 Å². The Morgan fingerprint density at radius 3 is 2.32 bits per heavy atom. The summed E-state index contributed by atoms with van der Waals surface area (Å²) in [6.45, 7) is 13.7. The van der Waals surface area contributed by atoms with Gasteiger partial charge in [-0.15, -0.1) is 0 Å². The highest BCUT2D eigenvalue weighted by molar-refractivity contribution is 5.89. The van der Waals surface area contributed by atoms with Crippen LogP contribution in [0.4, 0.5) is 5.82 Å². The third kappa shape index (κ3) is 4.88. The highest BCUT2D eigenvalue weighted by Gasteiger charge is 2.23. The lowest BCUT2D eigenvalue weighted by molar-refractivity contribution is 0.00973. The molecule has 0 atom stereocenters. The Hall–Kier alpha value is -2.89. The lowest BCUT2D eigenvalue weighted by atomic mass is 10.1. The molecule has 0 unspecified atom stereocenters. The second-order valence-electron chi connectivity index (χ2n) is 8.74. The van der Waals surface area contributed by atoms with Gasteiger partial charge in [0.05, 0.1) is 11.4 Å². The molecule has 0 aliphatic rings. The normalized spacial score (nSPS) is 12.1. The zero-order valence-corrected chi connectivity index (χ0v) is 17.6. The molecule has 148 valence electrons. The van der Waals surface area contributed by atoms with Crippen LogP contribution in [0.25, 0.3) is 16.5 Å². The fraction of sp³-hybridized carbons (Fsp3) is 0.409. The van der Waals surface area contributed by atoms with E-state index in [0.29, 0.717) is 5.82 Å². The fourth-order valence-corrected chi connectivity index (χ4v) is 2.72. The molecule has 0 amide bonds. The molecule has 2 aromatic heterocycles. The van der Waals surface area contributed by atoms with Crippen LogP contribution in [0.3, 0.4) is 0 Å². The molecule has 0 radical (unpaired) electrons. The number of pyridine rings is 1. The monoisotopic (exact) mass is 380 g/mol. The first kappa shape index (κ1) is 19.9. The quantitative estimate of drug-likeness (QED) is 0.444. The van der Waals surface area contributed by atoms with Crippen molar-refractivity contribution in [1.82, 2.24) is 14.8 Å². The van der Waals surface area contributed by atoms with Crippen LogP contribution in [0.15, 0.2) is 47.7 Å². The van der Waals surface area contributed by atoms with Crippen molar-refractivity contribution in [1.29, 1.82) is 0 Å². The van der Waals surface area contributed by atoms with Crippen molar-refractivity contribution in [3.63, 3.8) is 0 Å². The molecule has 0 aliphatic heterocycles. The van der Waals surface area contributed by atoms with Gasteiger partial charge in [-0.3, -0.25) is 4.98 Å². The molecule has 0 saturated heterocycles. The number of nitrogens with zero attached hydrogens (tertiary/aromatic N) is 4. The Kier molecular flexibility index (Phi) is 5.15. The van der Waals surface area contributed by atoms with Crippen molar-refractivity contribution in [2.75, 3.05) is 0 Å². The van der Waals surface area contributed by atoms with Crippen LogP contribution in [0.1, 0.15) is 47.2 Å². The van der Waals surface area contributed by atoms with Crippen LogP contribution < -0.4 is 0 Å². The number of aliphatic imine (C=N–C) groups is 1. The van der Waals surface area contributed by atoms with Gasteiger partial charge in [-0.05, 0) is 60.6 Å². The molecule has 6 nitrogen and oxygen atoms in total. The smallest absolute Gasteiger partial charge is 0.391 e. The van der Waals surface area contributed by atoms with E-state index in [2.05, 4.69) is 10.1 Å². The van der Waals surface area contributed by atoms with Crippen molar-refractivity contribution < 1.29 is 9.47 Å². The van der Waals surface area contributed by atoms with Gasteiger partial charge in [0.1, 0.15) is 11.2 Å². The van der Waals surface area contributed by atoms with E-state index in [9.17, 15) is 0 Å². The Morgan fingerprint density at radius 1 is 1.00 bits per heavy atom. The van der Waals surface area contributed by atoms with E-state index in [4.69, 9.17) is 14.5 Å². The number of ether oxygens (including phenoxy) is 2. The summed E-state index contributed by atoms with van der Waals surface area (Å²) < 4.78 is 13.8. The molecule has 1 aromatic carbocycles. The zero-order valence-electron chi connectivity index (χ0n) is 17.6. The number of benzene rings is 1. The third-order valence-corrected chi connectivity index (χ3v) is 3.69. The van der Waals surface area contributed by atoms with Crippen LogP contribution >= 0.6 is 0 Å². The largest absolute Gasteiger partial charge is 0.445 e. The van der Waals surface area contributed by atoms with E-state index in [0.717, 1.165) is 22.2 Å². The van der Waals surface area contributed by atoms with Crippen molar-refractivity contribution in [2.45, 2.75) is 59.7 Å². The van der Waals surface area contributed by atoms with Gasteiger partial charge in [0, 0.05) is 29.2 Å². The molecule has 28 heavy (non-hydrogen) atoms. The first-order chi connectivity index (χ1) is 13.0. The molecule has 3 aromatic rings. The summed E-state index contributed by atoms with van der Waals surface area (Å²) in [5.41, 5.74) is 0.915. The van der Waals surface area contributed by atoms with Crippen LogP contribution in [0.2, 0.25) is 0 Å². The first-order valence-corrected chi connectivity index (χ1v) is 9.38. The molecular weight excluding hydrogens is 352 g/mol. The molecule has 3 rings (SSSR count). The predicted octanol–water partition coefficient (Wildman–Crippen LogP) is 5.35. The Morgan fingerprint density at radius 2 is 1.68 bits per heavy atom. The third-order valence-electron chi connectivity index (χ3n) is 3.69. The van der Waals surface area contributed by atoms with Gasteiger partial charge in [-0.1, -0.05) is 12.1 Å². The van der Waals surface area contributed by atoms with Crippen molar-refractivity contribution in [3.8, 4) is 5.69 Å². The Bertz CT molecular complexity index is 984. The summed E-state index contributed by atoms with van der Waals surface area (Å²) in [5.74, 6) is 0.644. The van der Waals surface area contributed by atoms with E-state index < -0.39 is 11.2 Å². The molecular formula is C22H28N4O2. The number of aromatic nitrogens is 3. The number of aryl methyl sites for hydroxylation is 1. The highest BCUT2D eigenvalue weighted by atomic mass is 16.7. The van der Waals surface area contributed by atoms with Gasteiger partial charge >= 0.3 is 6.08 Å². The van der Waals surface area contributed by atoms with E-state index in [1.807, 2.05) is 89.7 Å². The Balaban J connectivity index is 2.13. The molecule has 0 N–H and O–H groups in total. The van der Waals surface area contributed by atoms with Gasteiger partial charge in [0.25, 0.3) is 0 Å². The van der Waals surface area contributed by atoms with Gasteiger partial charge < -0.3 is 9.47 Å². The van der Waals surface area contributed by atoms with E-state index >= 15 is 0 Å². The number of rotatable bonds is 2. The topological polar surface area (TPSA) is 61.5 Å². The minimum absolute atomic E-state index is 0.225. The summed E-state index contributed by atoms with van der Waals surface area (Å²) >= 11 is 0. The van der Waals surface area contributed by atoms with Gasteiger partial charge in [0.15, 0.2) is 5.82 Å². The first-order valence-electron chi connectivity index (χ1n) is 9.38. The van der Waals surface area contributed by atoms with Crippen LogP contribution in [0, 0.1) is 6.92 Å². The standard InChI is InChI=1S/C22H28N4O2/c1-15-13-19(24-20(27-21(2,3)4)28-22(5,6)7)26(25-15)18-10-8-9-16-14-23-12-11-17(16)18/h8-14H,1-7H3. The maximum Gasteiger partial charge on any atom is 0.391 e. The van der Waals surface area contributed by atoms with Crippen molar-refractivity contribution in [3.05, 3.63) is 48.4 Å². The van der Waals surface area contributed by atoms with Crippen LogP contribution in [-0.4, -0.2) is 32.1 Å². The summed E-state index contributed by atoms with van der Waals surface area (Å²) in [4.78, 5) is 8.90. The molecule has 0 aliphatic carbocycles. The van der Waals surface area contributed by atoms with E-state index in [1.54, 1.807) is 6.20 Å². The summed E-state index contributed by atoms with van der Waals surface area (Å²) in [7, 11) is 0. The lowest BCUT2D eigenvalue weighted by Gasteiger charge is -2.27. The predicted molar refractivity (Wildman–Crippen MR) is 112 cm³/mol. The summed E-state index contributed by atoms with van der Waals surface area (Å²) in [6.07, 6.45) is 3.85. The van der Waals surface area contributed by atoms with Gasteiger partial charge in [0.2, 0.25) is 0 Å². The number of hydrogen-bond donors (Lipinski definition) is 0. The molecule has 0 spiro atoms. The minimum Gasteiger partial charge on any atom is -0.445 e. The fourth-order valence-electron chi connectivity index (χ4n) is 2.72. The SMILES string of the molecule is Cc1cc(N=C(OC(C)(C)C)OC(C)(C)C)n(-c2cccc3cnccc23)n1. The molecule has 0 bridgehead atoms. The second kappa shape index (κ2) is 7.26. The molecule has 0 fully saturated rings. The summed E-state index contributed by atoms with van der Waals surface area (Å²) in [5, 5.41) is 6.75. The van der Waals surface area contributed by atoms with Crippen molar-refractivity contribution >= 4 is 22.7 Å². The highest BCUT2D eigenvalue weighted by Crippen LogP contribution is 2.27. The lowest BCUT2D eigenvalue weighted by Crippen LogP contribution is -2.31. The zero-order chi connectivity index (χ0) is 20.5. The van der Waals surface area contributed by atoms with Crippen LogP contribution in [0.5, 0.6) is 0 Å². The minimum atomic E-state index is -0.435. The number of hydrogen-bond acceptors (Lipinski definition) is 5. The van der Waals surface area contributed by atoms with E-state index in [1.165, 1.54) is 0 Å². The average molecular weight is 380 g/mol. The Labute approximate surface area is 166 Å². The summed E-state index contributed by atoms with van der Waals surface area (Å²) in [6, 6.07) is 9.93. The van der Waals surface area contributed by atoms with Gasteiger partial charge in [-0.25, -0.2) is 4.68 Å². The molecule has 0 saturated carbocycles. The second-order valence-corrected chi connectivity index (χ2v) is 8.74. The number of fused-ring (bicyclic) bond motifs is 1. The average Bonchev–Trinajstić information content (AvgIpc) is 2.91. The molecule has 2 heterocycles.